The molecular formula is C17H17ClN2O5S. The van der Waals surface area contributed by atoms with Gasteiger partial charge in [-0.05, 0) is 37.3 Å². The molecule has 2 aromatic rings. The maximum Gasteiger partial charge on any atom is 0.241 e. The molecule has 7 nitrogen and oxygen atoms in total. The number of Topliss-reactive ketones (excluding diaryl/α,β-unsaturated/α-hetero) is 1. The number of carbonyl (C=O) groups excluding carboxylic acids is 2. The first-order chi connectivity index (χ1) is 12.2. The van der Waals surface area contributed by atoms with Gasteiger partial charge in [0.1, 0.15) is 5.75 Å². The largest absolute Gasteiger partial charge is 0.495 e. The molecule has 2 N–H and O–H groups in total. The van der Waals surface area contributed by atoms with Gasteiger partial charge in [-0.2, -0.15) is 0 Å². The average Bonchev–Trinajstić information content (AvgIpc) is 2.60. The lowest BCUT2D eigenvalue weighted by molar-refractivity contribution is -0.115. The summed E-state index contributed by atoms with van der Waals surface area (Å²) < 4.78 is 31.7. The molecule has 0 spiro atoms. The standard InChI is InChI=1S/C17H17ClN2O5S/c1-11(21)12-4-3-5-13(8-12)20-17(22)10-19-26(23,24)14-6-7-16(25-2)15(18)9-14/h3-9,19H,10H2,1-2H3,(H,20,22). The van der Waals surface area contributed by atoms with Gasteiger partial charge in [0, 0.05) is 11.3 Å². The second-order valence-corrected chi connectivity index (χ2v) is 7.48. The Balaban J connectivity index is 2.03. The lowest BCUT2D eigenvalue weighted by Gasteiger charge is -2.10. The van der Waals surface area contributed by atoms with Gasteiger partial charge in [-0.15, -0.1) is 0 Å². The average molecular weight is 397 g/mol. The van der Waals surface area contributed by atoms with Gasteiger partial charge in [0.15, 0.2) is 5.78 Å². The SMILES string of the molecule is COc1ccc(S(=O)(=O)NCC(=O)Nc2cccc(C(C)=O)c2)cc1Cl. The Labute approximate surface area is 156 Å². The Bertz CT molecular complexity index is 944. The van der Waals surface area contributed by atoms with E-state index in [0.29, 0.717) is 17.0 Å². The predicted molar refractivity (Wildman–Crippen MR) is 98.3 cm³/mol. The number of ether oxygens (including phenoxy) is 1. The lowest BCUT2D eigenvalue weighted by Crippen LogP contribution is -2.32. The number of halogens is 1. The van der Waals surface area contributed by atoms with Crippen LogP contribution in [0.4, 0.5) is 5.69 Å². The van der Waals surface area contributed by atoms with Crippen molar-refractivity contribution in [2.75, 3.05) is 19.0 Å². The van der Waals surface area contributed by atoms with Crippen LogP contribution < -0.4 is 14.8 Å². The lowest BCUT2D eigenvalue weighted by atomic mass is 10.1. The van der Waals surface area contributed by atoms with Crippen molar-refractivity contribution in [2.24, 2.45) is 0 Å². The molecule has 0 aliphatic heterocycles. The number of amides is 1. The highest BCUT2D eigenvalue weighted by Gasteiger charge is 2.17. The Morgan fingerprint density at radius 2 is 1.88 bits per heavy atom. The molecule has 2 rings (SSSR count). The van der Waals surface area contributed by atoms with Crippen LogP contribution in [0, 0.1) is 0 Å². The van der Waals surface area contributed by atoms with Crippen molar-refractivity contribution in [3.8, 4) is 5.75 Å². The monoisotopic (exact) mass is 396 g/mol. The van der Waals surface area contributed by atoms with Crippen LogP contribution in [0.1, 0.15) is 17.3 Å². The Kier molecular flexibility index (Phi) is 6.36. The van der Waals surface area contributed by atoms with Crippen molar-refractivity contribution >= 4 is 39.0 Å². The number of benzene rings is 2. The van der Waals surface area contributed by atoms with Gasteiger partial charge >= 0.3 is 0 Å². The molecular weight excluding hydrogens is 380 g/mol. The number of rotatable bonds is 7. The van der Waals surface area contributed by atoms with Gasteiger partial charge in [0.05, 0.1) is 23.6 Å². The van der Waals surface area contributed by atoms with Gasteiger partial charge in [-0.1, -0.05) is 23.7 Å². The van der Waals surface area contributed by atoms with E-state index in [1.54, 1.807) is 18.2 Å². The summed E-state index contributed by atoms with van der Waals surface area (Å²) in [5, 5.41) is 2.67. The van der Waals surface area contributed by atoms with Gasteiger partial charge in [-0.3, -0.25) is 9.59 Å². The van der Waals surface area contributed by atoms with Crippen LogP contribution in [0.15, 0.2) is 47.4 Å². The van der Waals surface area contributed by atoms with Crippen molar-refractivity contribution in [3.05, 3.63) is 53.1 Å². The second kappa shape index (κ2) is 8.31. The van der Waals surface area contributed by atoms with E-state index < -0.39 is 22.5 Å². The van der Waals surface area contributed by atoms with Crippen LogP contribution in [-0.4, -0.2) is 33.8 Å². The highest BCUT2D eigenvalue weighted by molar-refractivity contribution is 7.89. The van der Waals surface area contributed by atoms with Crippen molar-refractivity contribution in [2.45, 2.75) is 11.8 Å². The number of ketones is 1. The first kappa shape index (κ1) is 19.9. The van der Waals surface area contributed by atoms with Crippen molar-refractivity contribution in [1.82, 2.24) is 4.72 Å². The van der Waals surface area contributed by atoms with E-state index in [9.17, 15) is 18.0 Å². The van der Waals surface area contributed by atoms with E-state index in [2.05, 4.69) is 10.0 Å². The number of hydrogen-bond acceptors (Lipinski definition) is 5. The third-order valence-corrected chi connectivity index (χ3v) is 5.10. The molecule has 0 aliphatic carbocycles. The molecule has 0 bridgehead atoms. The zero-order valence-corrected chi connectivity index (χ0v) is 15.6. The van der Waals surface area contributed by atoms with Crippen molar-refractivity contribution in [3.63, 3.8) is 0 Å². The maximum absolute atomic E-state index is 12.2. The number of methoxy groups -OCH3 is 1. The number of hydrogen-bond donors (Lipinski definition) is 2. The van der Waals surface area contributed by atoms with Gasteiger partial charge in [-0.25, -0.2) is 13.1 Å². The maximum atomic E-state index is 12.2. The molecule has 0 aromatic heterocycles. The van der Waals surface area contributed by atoms with E-state index in [-0.39, 0.29) is 15.7 Å². The summed E-state index contributed by atoms with van der Waals surface area (Å²) in [4.78, 5) is 23.2. The number of carbonyl (C=O) groups is 2. The van der Waals surface area contributed by atoms with Crippen molar-refractivity contribution in [1.29, 1.82) is 0 Å². The van der Waals surface area contributed by atoms with Crippen LogP contribution >= 0.6 is 11.6 Å². The smallest absolute Gasteiger partial charge is 0.241 e. The number of nitrogens with one attached hydrogen (secondary N) is 2. The number of sulfonamides is 1. The summed E-state index contributed by atoms with van der Waals surface area (Å²) in [6.07, 6.45) is 0. The van der Waals surface area contributed by atoms with Crippen molar-refractivity contribution < 1.29 is 22.7 Å². The van der Waals surface area contributed by atoms with Crippen LogP contribution in [0.3, 0.4) is 0 Å². The molecule has 0 aliphatic rings. The number of anilines is 1. The molecule has 0 saturated carbocycles. The van der Waals surface area contributed by atoms with Crippen LogP contribution in [0.2, 0.25) is 5.02 Å². The predicted octanol–water partition coefficient (Wildman–Crippen LogP) is 2.47. The van der Waals surface area contributed by atoms with E-state index in [0.717, 1.165) is 0 Å². The third-order valence-electron chi connectivity index (χ3n) is 3.41. The quantitative estimate of drug-likeness (QED) is 0.700. The fourth-order valence-corrected chi connectivity index (χ4v) is 3.41. The molecule has 1 amide bonds. The molecule has 138 valence electrons. The van der Waals surface area contributed by atoms with E-state index in [4.69, 9.17) is 16.3 Å². The molecule has 0 atom stereocenters. The van der Waals surface area contributed by atoms with E-state index in [1.165, 1.54) is 38.3 Å². The first-order valence-electron chi connectivity index (χ1n) is 7.47. The minimum atomic E-state index is -3.92. The molecule has 0 heterocycles. The molecule has 0 saturated heterocycles. The highest BCUT2D eigenvalue weighted by atomic mass is 35.5. The topological polar surface area (TPSA) is 102 Å². The van der Waals surface area contributed by atoms with Crippen LogP contribution in [-0.2, 0) is 14.8 Å². The molecule has 0 unspecified atom stereocenters. The molecule has 2 aromatic carbocycles. The minimum absolute atomic E-state index is 0.0883. The third kappa shape index (κ3) is 5.04. The normalized spacial score (nSPS) is 11.0. The Morgan fingerprint density at radius 1 is 1.15 bits per heavy atom. The zero-order chi connectivity index (χ0) is 19.3. The Morgan fingerprint density at radius 3 is 2.50 bits per heavy atom. The van der Waals surface area contributed by atoms with Gasteiger partial charge in [0.2, 0.25) is 15.9 Å². The zero-order valence-electron chi connectivity index (χ0n) is 14.1. The minimum Gasteiger partial charge on any atom is -0.495 e. The first-order valence-corrected chi connectivity index (χ1v) is 9.33. The molecule has 26 heavy (non-hydrogen) atoms. The van der Waals surface area contributed by atoms with E-state index >= 15 is 0 Å². The van der Waals surface area contributed by atoms with Crippen LogP contribution in [0.25, 0.3) is 0 Å². The molecule has 0 fully saturated rings. The van der Waals surface area contributed by atoms with Crippen LogP contribution in [0.5, 0.6) is 5.75 Å². The van der Waals surface area contributed by atoms with Gasteiger partial charge < -0.3 is 10.1 Å². The summed E-state index contributed by atoms with van der Waals surface area (Å²) >= 11 is 5.92. The Hall–Kier alpha value is -2.42. The molecule has 9 heteroatoms. The summed E-state index contributed by atoms with van der Waals surface area (Å²) in [5.74, 6) is -0.374. The fraction of sp³-hybridized carbons (Fsp3) is 0.176. The summed E-state index contributed by atoms with van der Waals surface area (Å²) in [6.45, 7) is 0.936. The highest BCUT2D eigenvalue weighted by Crippen LogP contribution is 2.26. The van der Waals surface area contributed by atoms with Gasteiger partial charge in [0.25, 0.3) is 0 Å². The fourth-order valence-electron chi connectivity index (χ4n) is 2.08. The summed E-state index contributed by atoms with van der Waals surface area (Å²) in [7, 11) is -2.51. The molecule has 0 radical (unpaired) electrons. The van der Waals surface area contributed by atoms with E-state index in [1.807, 2.05) is 0 Å². The second-order valence-electron chi connectivity index (χ2n) is 5.31. The summed E-state index contributed by atoms with van der Waals surface area (Å²) in [6, 6.07) is 10.3. The summed E-state index contributed by atoms with van der Waals surface area (Å²) in [5.41, 5.74) is 0.839.